The van der Waals surface area contributed by atoms with Crippen LogP contribution >= 0.6 is 11.8 Å². The van der Waals surface area contributed by atoms with Gasteiger partial charge in [-0.2, -0.15) is 0 Å². The van der Waals surface area contributed by atoms with Crippen molar-refractivity contribution in [3.8, 4) is 0 Å². The molecule has 1 aliphatic rings. The Balaban J connectivity index is 2.09. The Kier molecular flexibility index (Phi) is 4.03. The lowest BCUT2D eigenvalue weighted by atomic mass is 10.1. The lowest BCUT2D eigenvalue weighted by molar-refractivity contribution is -0.120. The van der Waals surface area contributed by atoms with Crippen LogP contribution in [0.4, 0.5) is 4.79 Å². The maximum atomic E-state index is 11.9. The molecule has 0 spiro atoms. The van der Waals surface area contributed by atoms with E-state index in [9.17, 15) is 9.59 Å². The highest BCUT2D eigenvalue weighted by Gasteiger charge is 2.32. The summed E-state index contributed by atoms with van der Waals surface area (Å²) < 4.78 is 1.73. The number of rotatable bonds is 5. The number of hydrogen-bond donors (Lipinski definition) is 2. The second-order valence-electron chi connectivity index (χ2n) is 4.77. The van der Waals surface area contributed by atoms with Gasteiger partial charge in [-0.05, 0) is 29.2 Å². The molecule has 1 aromatic rings. The van der Waals surface area contributed by atoms with Crippen molar-refractivity contribution in [3.63, 3.8) is 0 Å². The van der Waals surface area contributed by atoms with Gasteiger partial charge in [0.25, 0.3) is 0 Å². The van der Waals surface area contributed by atoms with Gasteiger partial charge in [0, 0.05) is 0 Å². The highest BCUT2D eigenvalue weighted by Crippen LogP contribution is 2.37. The van der Waals surface area contributed by atoms with E-state index in [1.807, 2.05) is 13.8 Å². The molecule has 19 heavy (non-hydrogen) atoms. The topological polar surface area (TPSA) is 116 Å². The number of amides is 3. The Bertz CT molecular complexity index is 484. The molecule has 0 aliphatic heterocycles. The van der Waals surface area contributed by atoms with Crippen LogP contribution in [0.3, 0.4) is 0 Å². The summed E-state index contributed by atoms with van der Waals surface area (Å²) in [4.78, 5) is 22.7. The molecule has 2 rings (SSSR count). The van der Waals surface area contributed by atoms with Crippen molar-refractivity contribution in [1.29, 1.82) is 0 Å². The van der Waals surface area contributed by atoms with Gasteiger partial charge in [-0.1, -0.05) is 25.6 Å². The summed E-state index contributed by atoms with van der Waals surface area (Å²) >= 11 is 1.26. The molecule has 0 radical (unpaired) electrons. The summed E-state index contributed by atoms with van der Waals surface area (Å²) in [5, 5.41) is 13.7. The minimum absolute atomic E-state index is 0.0219. The van der Waals surface area contributed by atoms with E-state index >= 15 is 0 Å². The normalized spacial score (nSPS) is 16.4. The molecule has 0 unspecified atom stereocenters. The molecule has 8 nitrogen and oxygen atoms in total. The molecule has 104 valence electrons. The van der Waals surface area contributed by atoms with Crippen LogP contribution in [-0.2, 0) is 4.79 Å². The van der Waals surface area contributed by atoms with Crippen LogP contribution in [0, 0.1) is 5.92 Å². The summed E-state index contributed by atoms with van der Waals surface area (Å²) in [5.74, 6) is -0.397. The molecular formula is C10H16N6O2S. The zero-order valence-corrected chi connectivity index (χ0v) is 11.6. The van der Waals surface area contributed by atoms with E-state index in [4.69, 9.17) is 5.73 Å². The van der Waals surface area contributed by atoms with Crippen LogP contribution in [0.1, 0.15) is 32.7 Å². The van der Waals surface area contributed by atoms with Gasteiger partial charge in [0.1, 0.15) is 0 Å². The Morgan fingerprint density at radius 2 is 2.16 bits per heavy atom. The van der Waals surface area contributed by atoms with Crippen molar-refractivity contribution >= 4 is 23.7 Å². The number of carbonyl (C=O) groups is 2. The molecule has 1 saturated carbocycles. The highest BCUT2D eigenvalue weighted by molar-refractivity contribution is 8.00. The van der Waals surface area contributed by atoms with Crippen LogP contribution in [-0.4, -0.2) is 37.4 Å². The summed E-state index contributed by atoms with van der Waals surface area (Å²) in [7, 11) is 0. The fraction of sp³-hybridized carbons (Fsp3) is 0.700. The van der Waals surface area contributed by atoms with E-state index in [1.165, 1.54) is 11.8 Å². The largest absolute Gasteiger partial charge is 0.351 e. The van der Waals surface area contributed by atoms with Crippen LogP contribution in [0.15, 0.2) is 5.16 Å². The smallest absolute Gasteiger partial charge is 0.318 e. The van der Waals surface area contributed by atoms with Crippen LogP contribution in [0.5, 0.6) is 0 Å². The lowest BCUT2D eigenvalue weighted by Crippen LogP contribution is -2.42. The van der Waals surface area contributed by atoms with Crippen LogP contribution < -0.4 is 11.1 Å². The molecule has 1 aromatic heterocycles. The number of nitrogens with one attached hydrogen (secondary N) is 1. The number of tetrazole rings is 1. The molecule has 9 heteroatoms. The van der Waals surface area contributed by atoms with Gasteiger partial charge < -0.3 is 5.73 Å². The minimum atomic E-state index is -0.849. The summed E-state index contributed by atoms with van der Waals surface area (Å²) in [6, 6.07) is -0.512. The number of urea groups is 1. The van der Waals surface area contributed by atoms with Crippen LogP contribution in [0.2, 0.25) is 0 Å². The van der Waals surface area contributed by atoms with E-state index in [2.05, 4.69) is 20.8 Å². The average molecular weight is 284 g/mol. The van der Waals surface area contributed by atoms with Crippen molar-refractivity contribution < 1.29 is 9.59 Å². The molecule has 3 N–H and O–H groups in total. The standard InChI is InChI=1S/C10H16N6O2S/c1-5(2)7(8(17)12-9(11)18)19-10-13-14-15-16(10)6-3-4-6/h5-7H,3-4H2,1-2H3,(H3,11,12,17,18)/t7-/m1/s1. The first kappa shape index (κ1) is 13.8. The lowest BCUT2D eigenvalue weighted by Gasteiger charge is -2.17. The quantitative estimate of drug-likeness (QED) is 0.752. The third-order valence-corrected chi connectivity index (χ3v) is 4.19. The molecule has 0 aromatic carbocycles. The number of thioether (sulfide) groups is 1. The monoisotopic (exact) mass is 284 g/mol. The van der Waals surface area contributed by atoms with Crippen molar-refractivity contribution in [3.05, 3.63) is 0 Å². The van der Waals surface area contributed by atoms with E-state index in [0.29, 0.717) is 11.2 Å². The molecule has 1 atom stereocenters. The first-order chi connectivity index (χ1) is 8.99. The van der Waals surface area contributed by atoms with Gasteiger partial charge in [-0.3, -0.25) is 10.1 Å². The van der Waals surface area contributed by atoms with E-state index in [0.717, 1.165) is 12.8 Å². The number of carbonyl (C=O) groups excluding carboxylic acids is 2. The molecule has 0 saturated heterocycles. The van der Waals surface area contributed by atoms with Gasteiger partial charge >= 0.3 is 6.03 Å². The maximum absolute atomic E-state index is 11.9. The zero-order chi connectivity index (χ0) is 14.0. The Labute approximate surface area is 114 Å². The second-order valence-corrected chi connectivity index (χ2v) is 5.88. The van der Waals surface area contributed by atoms with Gasteiger partial charge in [0.05, 0.1) is 11.3 Å². The van der Waals surface area contributed by atoms with Gasteiger partial charge in [-0.15, -0.1) is 5.10 Å². The number of nitrogens with zero attached hydrogens (tertiary/aromatic N) is 4. The van der Waals surface area contributed by atoms with Gasteiger partial charge in [0.2, 0.25) is 11.1 Å². The number of nitrogens with two attached hydrogens (primary N) is 1. The Hall–Kier alpha value is -1.64. The van der Waals surface area contributed by atoms with E-state index in [1.54, 1.807) is 4.68 Å². The van der Waals surface area contributed by atoms with Crippen LogP contribution in [0.25, 0.3) is 0 Å². The molecule has 1 fully saturated rings. The molecular weight excluding hydrogens is 268 g/mol. The predicted molar refractivity (Wildman–Crippen MR) is 68.3 cm³/mol. The number of imide groups is 1. The van der Waals surface area contributed by atoms with Crippen molar-refractivity contribution in [2.75, 3.05) is 0 Å². The van der Waals surface area contributed by atoms with Gasteiger partial charge in [-0.25, -0.2) is 9.48 Å². The summed E-state index contributed by atoms with van der Waals surface area (Å²) in [6.45, 7) is 3.78. The highest BCUT2D eigenvalue weighted by atomic mass is 32.2. The van der Waals surface area contributed by atoms with Crippen molar-refractivity contribution in [1.82, 2.24) is 25.5 Å². The summed E-state index contributed by atoms with van der Waals surface area (Å²) in [6.07, 6.45) is 2.11. The third kappa shape index (κ3) is 3.43. The third-order valence-electron chi connectivity index (χ3n) is 2.70. The zero-order valence-electron chi connectivity index (χ0n) is 10.7. The molecule has 1 heterocycles. The first-order valence-corrected chi connectivity index (χ1v) is 6.92. The fourth-order valence-electron chi connectivity index (χ4n) is 1.61. The van der Waals surface area contributed by atoms with E-state index in [-0.39, 0.29) is 5.92 Å². The SMILES string of the molecule is CC(C)[C@@H](Sc1nnnn1C1CC1)C(=O)NC(N)=O. The number of aromatic nitrogens is 4. The fourth-order valence-corrected chi connectivity index (χ4v) is 2.65. The number of hydrogen-bond acceptors (Lipinski definition) is 6. The number of primary amides is 1. The second kappa shape index (κ2) is 5.55. The molecule has 1 aliphatic carbocycles. The molecule has 3 amide bonds. The van der Waals surface area contributed by atoms with E-state index < -0.39 is 17.2 Å². The molecule has 0 bridgehead atoms. The minimum Gasteiger partial charge on any atom is -0.351 e. The Morgan fingerprint density at radius 1 is 1.47 bits per heavy atom. The summed E-state index contributed by atoms with van der Waals surface area (Å²) in [5.41, 5.74) is 4.97. The van der Waals surface area contributed by atoms with Crippen molar-refractivity contribution in [2.24, 2.45) is 11.7 Å². The van der Waals surface area contributed by atoms with Crippen molar-refractivity contribution in [2.45, 2.75) is 43.1 Å². The Morgan fingerprint density at radius 3 is 2.68 bits per heavy atom. The van der Waals surface area contributed by atoms with Gasteiger partial charge in [0.15, 0.2) is 0 Å². The maximum Gasteiger partial charge on any atom is 0.318 e. The average Bonchev–Trinajstić information content (AvgIpc) is 3.04. The predicted octanol–water partition coefficient (Wildman–Crippen LogP) is 0.320. The first-order valence-electron chi connectivity index (χ1n) is 6.04.